The van der Waals surface area contributed by atoms with Gasteiger partial charge in [-0.05, 0) is 30.4 Å². The SMILES string of the molecule is CC(C)Cc1ccc(C(C)NC(=O)CCc2nc(C(C)C)no2)cc1. The third kappa shape index (κ3) is 6.00. The molecule has 5 nitrogen and oxygen atoms in total. The number of hydrogen-bond donors (Lipinski definition) is 1. The number of amides is 1. The molecule has 1 N–H and O–H groups in total. The molecule has 1 atom stereocenters. The Bertz CT molecular complexity index is 675. The van der Waals surface area contributed by atoms with Gasteiger partial charge in [0.1, 0.15) is 0 Å². The fourth-order valence-electron chi connectivity index (χ4n) is 2.64. The Morgan fingerprint density at radius 1 is 1.12 bits per heavy atom. The molecule has 25 heavy (non-hydrogen) atoms. The summed E-state index contributed by atoms with van der Waals surface area (Å²) in [4.78, 5) is 16.4. The molecule has 2 rings (SSSR count). The summed E-state index contributed by atoms with van der Waals surface area (Å²) in [6.45, 7) is 10.4. The Balaban J connectivity index is 1.82. The lowest BCUT2D eigenvalue weighted by atomic mass is 10.00. The van der Waals surface area contributed by atoms with Gasteiger partial charge in [-0.2, -0.15) is 4.98 Å². The zero-order chi connectivity index (χ0) is 18.4. The van der Waals surface area contributed by atoms with Crippen molar-refractivity contribution < 1.29 is 9.32 Å². The van der Waals surface area contributed by atoms with Crippen molar-refractivity contribution in [2.24, 2.45) is 5.92 Å². The van der Waals surface area contributed by atoms with Crippen molar-refractivity contribution in [1.82, 2.24) is 15.5 Å². The van der Waals surface area contributed by atoms with Crippen LogP contribution in [0, 0.1) is 5.92 Å². The van der Waals surface area contributed by atoms with Gasteiger partial charge in [-0.1, -0.05) is 57.1 Å². The van der Waals surface area contributed by atoms with Crippen molar-refractivity contribution >= 4 is 5.91 Å². The summed E-state index contributed by atoms with van der Waals surface area (Å²) in [6, 6.07) is 8.45. The molecule has 0 fully saturated rings. The van der Waals surface area contributed by atoms with Crippen molar-refractivity contribution in [3.05, 3.63) is 47.1 Å². The van der Waals surface area contributed by atoms with Crippen LogP contribution in [0.4, 0.5) is 0 Å². The topological polar surface area (TPSA) is 68.0 Å². The van der Waals surface area contributed by atoms with Crippen LogP contribution in [-0.2, 0) is 17.6 Å². The van der Waals surface area contributed by atoms with E-state index in [1.54, 1.807) is 0 Å². The minimum atomic E-state index is -0.0190. The summed E-state index contributed by atoms with van der Waals surface area (Å²) in [5, 5.41) is 6.94. The summed E-state index contributed by atoms with van der Waals surface area (Å²) in [5.41, 5.74) is 2.44. The summed E-state index contributed by atoms with van der Waals surface area (Å²) in [7, 11) is 0. The minimum absolute atomic E-state index is 0.0111. The van der Waals surface area contributed by atoms with Crippen LogP contribution in [0.25, 0.3) is 0 Å². The van der Waals surface area contributed by atoms with Gasteiger partial charge in [-0.15, -0.1) is 0 Å². The van der Waals surface area contributed by atoms with Gasteiger partial charge in [-0.3, -0.25) is 4.79 Å². The number of nitrogens with zero attached hydrogens (tertiary/aromatic N) is 2. The molecule has 1 heterocycles. The molecular weight excluding hydrogens is 314 g/mol. The molecular formula is C20H29N3O2. The van der Waals surface area contributed by atoms with Gasteiger partial charge in [0.2, 0.25) is 11.8 Å². The van der Waals surface area contributed by atoms with E-state index in [-0.39, 0.29) is 17.9 Å². The lowest BCUT2D eigenvalue weighted by Gasteiger charge is -2.15. The van der Waals surface area contributed by atoms with Crippen LogP contribution >= 0.6 is 0 Å². The van der Waals surface area contributed by atoms with Gasteiger partial charge in [0.15, 0.2) is 5.82 Å². The summed E-state index contributed by atoms with van der Waals surface area (Å²) < 4.78 is 5.17. The van der Waals surface area contributed by atoms with Crippen LogP contribution < -0.4 is 5.32 Å². The molecule has 0 saturated carbocycles. The first kappa shape index (κ1) is 19.2. The first-order valence-electron chi connectivity index (χ1n) is 9.05. The Hall–Kier alpha value is -2.17. The standard InChI is InChI=1S/C20H29N3O2/c1-13(2)12-16-6-8-17(9-7-16)15(5)21-18(24)10-11-19-22-20(14(3)4)23-25-19/h6-9,13-15H,10-12H2,1-5H3,(H,21,24). The maximum Gasteiger partial charge on any atom is 0.227 e. The van der Waals surface area contributed by atoms with E-state index in [0.717, 1.165) is 12.0 Å². The second-order valence-electron chi connectivity index (χ2n) is 7.33. The Kier molecular flexibility index (Phi) is 6.73. The van der Waals surface area contributed by atoms with Crippen LogP contribution in [0.2, 0.25) is 0 Å². The lowest BCUT2D eigenvalue weighted by molar-refractivity contribution is -0.121. The summed E-state index contributed by atoms with van der Waals surface area (Å²) >= 11 is 0. The van der Waals surface area contributed by atoms with E-state index >= 15 is 0 Å². The second kappa shape index (κ2) is 8.79. The van der Waals surface area contributed by atoms with E-state index in [0.29, 0.717) is 30.5 Å². The number of benzene rings is 1. The van der Waals surface area contributed by atoms with Crippen molar-refractivity contribution in [2.75, 3.05) is 0 Å². The quantitative estimate of drug-likeness (QED) is 0.780. The third-order valence-electron chi connectivity index (χ3n) is 4.07. The van der Waals surface area contributed by atoms with Crippen LogP contribution in [0.15, 0.2) is 28.8 Å². The molecule has 1 amide bonds. The molecule has 0 aliphatic rings. The van der Waals surface area contributed by atoms with Crippen LogP contribution in [-0.4, -0.2) is 16.0 Å². The molecule has 1 aromatic carbocycles. The maximum absolute atomic E-state index is 12.2. The van der Waals surface area contributed by atoms with Crippen LogP contribution in [0.1, 0.15) is 75.8 Å². The number of carbonyl (C=O) groups is 1. The van der Waals surface area contributed by atoms with Gasteiger partial charge in [-0.25, -0.2) is 0 Å². The molecule has 2 aromatic rings. The van der Waals surface area contributed by atoms with Crippen LogP contribution in [0.5, 0.6) is 0 Å². The monoisotopic (exact) mass is 343 g/mol. The van der Waals surface area contributed by atoms with E-state index in [2.05, 4.69) is 53.6 Å². The highest BCUT2D eigenvalue weighted by Crippen LogP contribution is 2.16. The fraction of sp³-hybridized carbons (Fsp3) is 0.550. The Morgan fingerprint density at radius 2 is 1.80 bits per heavy atom. The second-order valence-corrected chi connectivity index (χ2v) is 7.33. The molecule has 0 spiro atoms. The minimum Gasteiger partial charge on any atom is -0.350 e. The molecule has 5 heteroatoms. The van der Waals surface area contributed by atoms with E-state index in [9.17, 15) is 4.79 Å². The fourth-order valence-corrected chi connectivity index (χ4v) is 2.64. The maximum atomic E-state index is 12.2. The predicted octanol–water partition coefficient (Wildman–Crippen LogP) is 4.20. The molecule has 0 radical (unpaired) electrons. The lowest BCUT2D eigenvalue weighted by Crippen LogP contribution is -2.26. The van der Waals surface area contributed by atoms with E-state index < -0.39 is 0 Å². The zero-order valence-corrected chi connectivity index (χ0v) is 15.9. The molecule has 0 aliphatic heterocycles. The molecule has 136 valence electrons. The van der Waals surface area contributed by atoms with Crippen molar-refractivity contribution in [2.45, 2.75) is 65.8 Å². The van der Waals surface area contributed by atoms with Crippen LogP contribution in [0.3, 0.4) is 0 Å². The third-order valence-corrected chi connectivity index (χ3v) is 4.07. The van der Waals surface area contributed by atoms with Gasteiger partial charge in [0.25, 0.3) is 0 Å². The van der Waals surface area contributed by atoms with Gasteiger partial charge in [0, 0.05) is 18.8 Å². The van der Waals surface area contributed by atoms with Gasteiger partial charge < -0.3 is 9.84 Å². The largest absolute Gasteiger partial charge is 0.350 e. The van der Waals surface area contributed by atoms with E-state index in [4.69, 9.17) is 4.52 Å². The smallest absolute Gasteiger partial charge is 0.227 e. The van der Waals surface area contributed by atoms with Gasteiger partial charge in [0.05, 0.1) is 6.04 Å². The Labute approximate surface area is 150 Å². The number of aromatic nitrogens is 2. The number of rotatable bonds is 8. The molecule has 0 bridgehead atoms. The predicted molar refractivity (Wildman–Crippen MR) is 98.2 cm³/mol. The highest BCUT2D eigenvalue weighted by atomic mass is 16.5. The normalized spacial score (nSPS) is 12.6. The van der Waals surface area contributed by atoms with E-state index in [1.165, 1.54) is 5.56 Å². The number of aryl methyl sites for hydroxylation is 1. The van der Waals surface area contributed by atoms with Gasteiger partial charge >= 0.3 is 0 Å². The molecule has 1 unspecified atom stereocenters. The highest BCUT2D eigenvalue weighted by molar-refractivity contribution is 5.76. The average molecular weight is 343 g/mol. The summed E-state index contributed by atoms with van der Waals surface area (Å²) in [5.74, 6) is 2.06. The molecule has 0 saturated heterocycles. The van der Waals surface area contributed by atoms with E-state index in [1.807, 2.05) is 20.8 Å². The number of nitrogens with one attached hydrogen (secondary N) is 1. The van der Waals surface area contributed by atoms with Crippen molar-refractivity contribution in [3.63, 3.8) is 0 Å². The first-order valence-corrected chi connectivity index (χ1v) is 9.05. The Morgan fingerprint density at radius 3 is 2.36 bits per heavy atom. The zero-order valence-electron chi connectivity index (χ0n) is 15.9. The first-order chi connectivity index (χ1) is 11.8. The highest BCUT2D eigenvalue weighted by Gasteiger charge is 2.13. The van der Waals surface area contributed by atoms with Crippen molar-refractivity contribution in [3.8, 4) is 0 Å². The molecule has 1 aromatic heterocycles. The summed E-state index contributed by atoms with van der Waals surface area (Å²) in [6.07, 6.45) is 1.88. The average Bonchev–Trinajstić information content (AvgIpc) is 3.02. The number of carbonyl (C=O) groups excluding carboxylic acids is 1. The molecule has 0 aliphatic carbocycles. The van der Waals surface area contributed by atoms with Crippen molar-refractivity contribution in [1.29, 1.82) is 0 Å². The number of hydrogen-bond acceptors (Lipinski definition) is 4.